The van der Waals surface area contributed by atoms with Crippen molar-refractivity contribution in [3.63, 3.8) is 0 Å². The van der Waals surface area contributed by atoms with Gasteiger partial charge in [-0.1, -0.05) is 20.3 Å². The Morgan fingerprint density at radius 1 is 1.12 bits per heavy atom. The summed E-state index contributed by atoms with van der Waals surface area (Å²) in [6, 6.07) is 0.384. The molecule has 0 heterocycles. The molecule has 0 aromatic heterocycles. The van der Waals surface area contributed by atoms with Gasteiger partial charge in [0.05, 0.1) is 6.54 Å². The number of nitrogens with one attached hydrogen (secondary N) is 1. The first kappa shape index (κ1) is 16.7. The molecule has 0 aromatic carbocycles. The van der Waals surface area contributed by atoms with Gasteiger partial charge in [0, 0.05) is 19.1 Å². The van der Waals surface area contributed by atoms with E-state index in [1.54, 1.807) is 0 Å². The maximum Gasteiger partial charge on any atom is 0.401 e. The molecule has 0 saturated carbocycles. The van der Waals surface area contributed by atoms with Gasteiger partial charge in [-0.3, -0.25) is 4.90 Å². The third-order valence-electron chi connectivity index (χ3n) is 2.59. The Morgan fingerprint density at radius 3 is 2.24 bits per heavy atom. The van der Waals surface area contributed by atoms with E-state index < -0.39 is 12.7 Å². The molecule has 0 aliphatic carbocycles. The van der Waals surface area contributed by atoms with Crippen LogP contribution in [0.25, 0.3) is 0 Å². The van der Waals surface area contributed by atoms with Crippen molar-refractivity contribution in [2.45, 2.75) is 52.3 Å². The van der Waals surface area contributed by atoms with Crippen molar-refractivity contribution in [3.8, 4) is 0 Å². The van der Waals surface area contributed by atoms with Gasteiger partial charge in [0.2, 0.25) is 0 Å². The normalized spacial score (nSPS) is 14.3. The van der Waals surface area contributed by atoms with Crippen LogP contribution in [0.1, 0.15) is 40.0 Å². The van der Waals surface area contributed by atoms with Crippen LogP contribution in [0.5, 0.6) is 0 Å². The van der Waals surface area contributed by atoms with E-state index in [0.29, 0.717) is 25.7 Å². The first-order valence-corrected chi connectivity index (χ1v) is 6.41. The average Bonchev–Trinajstić information content (AvgIpc) is 2.15. The Bertz CT molecular complexity index is 183. The molecule has 0 amide bonds. The maximum atomic E-state index is 12.3. The van der Waals surface area contributed by atoms with Crippen LogP contribution in [0.2, 0.25) is 0 Å². The van der Waals surface area contributed by atoms with Crippen LogP contribution >= 0.6 is 0 Å². The zero-order chi connectivity index (χ0) is 13.3. The van der Waals surface area contributed by atoms with Crippen LogP contribution in [0.15, 0.2) is 0 Å². The van der Waals surface area contributed by atoms with E-state index in [-0.39, 0.29) is 0 Å². The highest BCUT2D eigenvalue weighted by Gasteiger charge is 2.30. The molecule has 0 radical (unpaired) electrons. The molecule has 2 nitrogen and oxygen atoms in total. The van der Waals surface area contributed by atoms with Crippen LogP contribution in [-0.2, 0) is 0 Å². The molecule has 0 aromatic rings. The lowest BCUT2D eigenvalue weighted by Gasteiger charge is -2.24. The first-order valence-electron chi connectivity index (χ1n) is 6.41. The van der Waals surface area contributed by atoms with Gasteiger partial charge in [-0.15, -0.1) is 0 Å². The lowest BCUT2D eigenvalue weighted by molar-refractivity contribution is -0.145. The van der Waals surface area contributed by atoms with E-state index in [4.69, 9.17) is 0 Å². The topological polar surface area (TPSA) is 15.3 Å². The number of hydrogen-bond acceptors (Lipinski definition) is 2. The molecule has 17 heavy (non-hydrogen) atoms. The monoisotopic (exact) mass is 254 g/mol. The summed E-state index contributed by atoms with van der Waals surface area (Å²) in [5.41, 5.74) is 0. The molecule has 0 saturated heterocycles. The lowest BCUT2D eigenvalue weighted by atomic mass is 10.2. The predicted molar refractivity (Wildman–Crippen MR) is 65.2 cm³/mol. The van der Waals surface area contributed by atoms with Crippen LogP contribution in [0.3, 0.4) is 0 Å². The molecule has 104 valence electrons. The second kappa shape index (κ2) is 8.75. The highest BCUT2D eigenvalue weighted by Crippen LogP contribution is 2.16. The number of nitrogens with zero attached hydrogens (tertiary/aromatic N) is 1. The Hall–Kier alpha value is -0.290. The van der Waals surface area contributed by atoms with E-state index in [2.05, 4.69) is 19.2 Å². The van der Waals surface area contributed by atoms with E-state index >= 15 is 0 Å². The Labute approximate surface area is 103 Å². The zero-order valence-electron chi connectivity index (χ0n) is 11.1. The van der Waals surface area contributed by atoms with Gasteiger partial charge in [-0.2, -0.15) is 13.2 Å². The fraction of sp³-hybridized carbons (Fsp3) is 1.00. The molecule has 0 bridgehead atoms. The Morgan fingerprint density at radius 2 is 1.76 bits per heavy atom. The molecule has 0 rings (SSSR count). The molecular weight excluding hydrogens is 229 g/mol. The molecule has 0 spiro atoms. The minimum Gasteiger partial charge on any atom is -0.313 e. The lowest BCUT2D eigenvalue weighted by Crippen LogP contribution is -2.40. The second-order valence-corrected chi connectivity index (χ2v) is 4.54. The van der Waals surface area contributed by atoms with Crippen molar-refractivity contribution in [1.82, 2.24) is 10.2 Å². The van der Waals surface area contributed by atoms with Crippen molar-refractivity contribution in [3.05, 3.63) is 0 Å². The minimum absolute atomic E-state index is 0.384. The van der Waals surface area contributed by atoms with Gasteiger partial charge in [0.15, 0.2) is 0 Å². The van der Waals surface area contributed by atoms with Gasteiger partial charge < -0.3 is 5.32 Å². The van der Waals surface area contributed by atoms with Gasteiger partial charge in [-0.05, 0) is 26.3 Å². The number of halogens is 3. The summed E-state index contributed by atoms with van der Waals surface area (Å²) in [6.07, 6.45) is -1.19. The molecule has 5 heteroatoms. The van der Waals surface area contributed by atoms with E-state index in [0.717, 1.165) is 19.3 Å². The molecule has 0 fully saturated rings. The molecule has 1 atom stereocenters. The summed E-state index contributed by atoms with van der Waals surface area (Å²) in [4.78, 5) is 1.46. The molecule has 0 aliphatic heterocycles. The predicted octanol–water partition coefficient (Wildman–Crippen LogP) is 3.04. The fourth-order valence-electron chi connectivity index (χ4n) is 1.84. The largest absolute Gasteiger partial charge is 0.401 e. The number of rotatable bonds is 9. The minimum atomic E-state index is -4.09. The molecule has 1 N–H and O–H groups in total. The van der Waals surface area contributed by atoms with Crippen molar-refractivity contribution in [1.29, 1.82) is 0 Å². The van der Waals surface area contributed by atoms with Gasteiger partial charge in [0.1, 0.15) is 0 Å². The molecule has 0 aliphatic rings. The van der Waals surface area contributed by atoms with Gasteiger partial charge in [-0.25, -0.2) is 0 Å². The fourth-order valence-corrected chi connectivity index (χ4v) is 1.84. The summed E-state index contributed by atoms with van der Waals surface area (Å²) < 4.78 is 36.8. The smallest absolute Gasteiger partial charge is 0.313 e. The van der Waals surface area contributed by atoms with Crippen LogP contribution in [0, 0.1) is 0 Å². The van der Waals surface area contributed by atoms with Crippen molar-refractivity contribution in [2.75, 3.05) is 26.2 Å². The van der Waals surface area contributed by atoms with Crippen LogP contribution < -0.4 is 5.32 Å². The third kappa shape index (κ3) is 10.6. The summed E-state index contributed by atoms with van der Waals surface area (Å²) in [7, 11) is 0. The summed E-state index contributed by atoms with van der Waals surface area (Å²) in [5.74, 6) is 0. The van der Waals surface area contributed by atoms with Crippen molar-refractivity contribution >= 4 is 0 Å². The number of alkyl halides is 3. The van der Waals surface area contributed by atoms with E-state index in [9.17, 15) is 13.2 Å². The highest BCUT2D eigenvalue weighted by molar-refractivity contribution is 4.66. The average molecular weight is 254 g/mol. The maximum absolute atomic E-state index is 12.3. The second-order valence-electron chi connectivity index (χ2n) is 4.54. The van der Waals surface area contributed by atoms with Crippen molar-refractivity contribution in [2.24, 2.45) is 0 Å². The zero-order valence-corrected chi connectivity index (χ0v) is 11.1. The molecule has 1 unspecified atom stereocenters. The van der Waals surface area contributed by atoms with Gasteiger partial charge in [0.25, 0.3) is 0 Å². The highest BCUT2D eigenvalue weighted by atomic mass is 19.4. The first-order chi connectivity index (χ1) is 7.89. The quantitative estimate of drug-likeness (QED) is 0.680. The SMILES string of the molecule is CCCC(C)NCCN(CCC)CC(F)(F)F. The standard InChI is InChI=1S/C12H25F3N2/c1-4-6-11(3)16-7-9-17(8-5-2)10-12(13,14)15/h11,16H,4-10H2,1-3H3. The van der Waals surface area contributed by atoms with Gasteiger partial charge >= 0.3 is 6.18 Å². The Kier molecular flexibility index (Phi) is 8.60. The van der Waals surface area contributed by atoms with Crippen LogP contribution in [-0.4, -0.2) is 43.3 Å². The summed E-state index contributed by atoms with van der Waals surface area (Å²) in [5, 5.41) is 3.25. The third-order valence-corrected chi connectivity index (χ3v) is 2.59. The van der Waals surface area contributed by atoms with Crippen LogP contribution in [0.4, 0.5) is 13.2 Å². The molecular formula is C12H25F3N2. The number of hydrogen-bond donors (Lipinski definition) is 1. The van der Waals surface area contributed by atoms with Crippen molar-refractivity contribution < 1.29 is 13.2 Å². The van der Waals surface area contributed by atoms with E-state index in [1.165, 1.54) is 4.90 Å². The Balaban J connectivity index is 3.84. The summed E-state index contributed by atoms with van der Waals surface area (Å²) in [6.45, 7) is 6.85. The summed E-state index contributed by atoms with van der Waals surface area (Å²) >= 11 is 0. The van der Waals surface area contributed by atoms with E-state index in [1.807, 2.05) is 6.92 Å².